The van der Waals surface area contributed by atoms with E-state index in [2.05, 4.69) is 4.74 Å². The topological polar surface area (TPSA) is 43.4 Å². The molecule has 14 heavy (non-hydrogen) atoms. The fourth-order valence-corrected chi connectivity index (χ4v) is 0.772. The predicted octanol–water partition coefficient (Wildman–Crippen LogP) is 1.65. The number of alkyl halides is 3. The first-order chi connectivity index (χ1) is 6.39. The van der Waals surface area contributed by atoms with E-state index in [-0.39, 0.29) is 12.8 Å². The molecule has 0 atom stereocenters. The molecule has 0 amide bonds. The molecular formula is C8H9F3O3. The third-order valence-electron chi connectivity index (χ3n) is 1.42. The summed E-state index contributed by atoms with van der Waals surface area (Å²) in [7, 11) is 1.12. The number of methoxy groups -OCH3 is 1. The zero-order valence-corrected chi connectivity index (χ0v) is 7.48. The van der Waals surface area contributed by atoms with E-state index in [1.807, 2.05) is 0 Å². The van der Waals surface area contributed by atoms with Crippen molar-refractivity contribution in [3.8, 4) is 0 Å². The van der Waals surface area contributed by atoms with Gasteiger partial charge >= 0.3 is 12.1 Å². The first kappa shape index (κ1) is 12.7. The average molecular weight is 210 g/mol. The molecule has 0 rings (SSSR count). The molecular weight excluding hydrogens is 201 g/mol. The lowest BCUT2D eigenvalue weighted by Crippen LogP contribution is -2.10. The van der Waals surface area contributed by atoms with E-state index in [0.717, 1.165) is 7.11 Å². The van der Waals surface area contributed by atoms with Crippen molar-refractivity contribution in [3.05, 3.63) is 5.57 Å². The standard InChI is InChI=1S/C8H9F3O3/c1-14-7(13)3-2-6(5-12)4-8(9,10)11/h2-4H2,1H3. The Bertz CT molecular complexity index is 251. The van der Waals surface area contributed by atoms with E-state index in [1.165, 1.54) is 5.94 Å². The molecule has 0 aliphatic heterocycles. The number of carbonyl (C=O) groups is 1. The first-order valence-corrected chi connectivity index (χ1v) is 3.75. The van der Waals surface area contributed by atoms with Gasteiger partial charge in [0.1, 0.15) is 5.94 Å². The van der Waals surface area contributed by atoms with Gasteiger partial charge in [0, 0.05) is 12.0 Å². The van der Waals surface area contributed by atoms with Crippen LogP contribution in [0, 0.1) is 0 Å². The molecule has 3 nitrogen and oxygen atoms in total. The minimum Gasteiger partial charge on any atom is -0.469 e. The van der Waals surface area contributed by atoms with Crippen LogP contribution in [0.3, 0.4) is 0 Å². The summed E-state index contributed by atoms with van der Waals surface area (Å²) in [6.07, 6.45) is -6.27. The second-order valence-electron chi connectivity index (χ2n) is 2.57. The molecule has 0 aliphatic carbocycles. The zero-order chi connectivity index (χ0) is 11.2. The van der Waals surface area contributed by atoms with Crippen molar-refractivity contribution in [2.75, 3.05) is 7.11 Å². The molecule has 0 radical (unpaired) electrons. The Morgan fingerprint density at radius 2 is 1.93 bits per heavy atom. The van der Waals surface area contributed by atoms with Gasteiger partial charge in [-0.1, -0.05) is 0 Å². The lowest BCUT2D eigenvalue weighted by molar-refractivity contribution is -0.141. The lowest BCUT2D eigenvalue weighted by Gasteiger charge is -2.06. The van der Waals surface area contributed by atoms with Crippen LogP contribution in [-0.2, 0) is 14.3 Å². The molecule has 0 saturated carbocycles. The molecule has 0 aromatic rings. The molecule has 0 saturated heterocycles. The summed E-state index contributed by atoms with van der Waals surface area (Å²) in [5.41, 5.74) is -0.470. The number of ether oxygens (including phenoxy) is 1. The Hall–Kier alpha value is -1.29. The highest BCUT2D eigenvalue weighted by atomic mass is 19.4. The van der Waals surface area contributed by atoms with Crippen molar-refractivity contribution in [2.24, 2.45) is 0 Å². The van der Waals surface area contributed by atoms with Crippen LogP contribution in [-0.4, -0.2) is 25.2 Å². The fraction of sp³-hybridized carbons (Fsp3) is 0.625. The third-order valence-corrected chi connectivity index (χ3v) is 1.42. The van der Waals surface area contributed by atoms with Gasteiger partial charge in [-0.05, 0) is 6.42 Å². The summed E-state index contributed by atoms with van der Waals surface area (Å²) < 4.78 is 39.6. The highest BCUT2D eigenvalue weighted by molar-refractivity contribution is 5.70. The van der Waals surface area contributed by atoms with Gasteiger partial charge in [0.2, 0.25) is 0 Å². The summed E-state index contributed by atoms with van der Waals surface area (Å²) in [6, 6.07) is 0. The number of hydrogen-bond donors (Lipinski definition) is 0. The molecule has 0 aromatic carbocycles. The number of carbonyl (C=O) groups excluding carboxylic acids is 2. The van der Waals surface area contributed by atoms with Crippen LogP contribution < -0.4 is 0 Å². The highest BCUT2D eigenvalue weighted by Gasteiger charge is 2.29. The Kier molecular flexibility index (Phi) is 4.94. The average Bonchev–Trinajstić information content (AvgIpc) is 2.09. The Balaban J connectivity index is 4.08. The van der Waals surface area contributed by atoms with Crippen molar-refractivity contribution < 1.29 is 27.5 Å². The van der Waals surface area contributed by atoms with Crippen molar-refractivity contribution in [1.82, 2.24) is 0 Å². The molecule has 0 bridgehead atoms. The maximum absolute atomic E-state index is 11.8. The van der Waals surface area contributed by atoms with Crippen LogP contribution in [0.4, 0.5) is 13.2 Å². The maximum Gasteiger partial charge on any atom is 0.393 e. The summed E-state index contributed by atoms with van der Waals surface area (Å²) in [6.45, 7) is 0. The maximum atomic E-state index is 11.8. The highest BCUT2D eigenvalue weighted by Crippen LogP contribution is 2.25. The number of allylic oxidation sites excluding steroid dienone is 1. The summed E-state index contributed by atoms with van der Waals surface area (Å²) >= 11 is 0. The number of esters is 1. The van der Waals surface area contributed by atoms with Crippen LogP contribution in [0.2, 0.25) is 0 Å². The lowest BCUT2D eigenvalue weighted by atomic mass is 10.1. The van der Waals surface area contributed by atoms with Gasteiger partial charge < -0.3 is 4.74 Å². The molecule has 0 N–H and O–H groups in total. The Labute approximate surface area is 78.5 Å². The van der Waals surface area contributed by atoms with Gasteiger partial charge in [0.15, 0.2) is 0 Å². The van der Waals surface area contributed by atoms with Gasteiger partial charge in [-0.25, -0.2) is 4.79 Å². The molecule has 0 aliphatic rings. The largest absolute Gasteiger partial charge is 0.469 e. The van der Waals surface area contributed by atoms with Crippen molar-refractivity contribution >= 4 is 11.9 Å². The van der Waals surface area contributed by atoms with Gasteiger partial charge in [0.05, 0.1) is 13.5 Å². The normalized spacial score (nSPS) is 10.6. The van der Waals surface area contributed by atoms with Gasteiger partial charge in [-0.2, -0.15) is 13.2 Å². The molecule has 0 unspecified atom stereocenters. The summed E-state index contributed by atoms with van der Waals surface area (Å²) in [4.78, 5) is 20.6. The predicted molar refractivity (Wildman–Crippen MR) is 41.1 cm³/mol. The van der Waals surface area contributed by atoms with E-state index < -0.39 is 24.1 Å². The minimum absolute atomic E-state index is 0.239. The molecule has 0 spiro atoms. The SMILES string of the molecule is COC(=O)CCC(=C=O)CC(F)(F)F. The molecule has 0 aromatic heterocycles. The van der Waals surface area contributed by atoms with Crippen LogP contribution in [0.15, 0.2) is 5.57 Å². The van der Waals surface area contributed by atoms with Crippen LogP contribution in [0.1, 0.15) is 19.3 Å². The fourth-order valence-electron chi connectivity index (χ4n) is 0.772. The summed E-state index contributed by atoms with van der Waals surface area (Å²) in [5.74, 6) is 0.524. The van der Waals surface area contributed by atoms with Crippen molar-refractivity contribution in [2.45, 2.75) is 25.4 Å². The smallest absolute Gasteiger partial charge is 0.393 e. The van der Waals surface area contributed by atoms with Crippen LogP contribution in [0.5, 0.6) is 0 Å². The number of hydrogen-bond acceptors (Lipinski definition) is 3. The van der Waals surface area contributed by atoms with E-state index in [0.29, 0.717) is 0 Å². The third kappa shape index (κ3) is 6.25. The Morgan fingerprint density at radius 3 is 2.29 bits per heavy atom. The molecule has 80 valence electrons. The van der Waals surface area contributed by atoms with Crippen molar-refractivity contribution in [3.63, 3.8) is 0 Å². The molecule has 6 heteroatoms. The van der Waals surface area contributed by atoms with Crippen LogP contribution >= 0.6 is 0 Å². The van der Waals surface area contributed by atoms with Gasteiger partial charge in [-0.3, -0.25) is 4.79 Å². The van der Waals surface area contributed by atoms with E-state index in [4.69, 9.17) is 0 Å². The quantitative estimate of drug-likeness (QED) is 0.523. The first-order valence-electron chi connectivity index (χ1n) is 3.75. The van der Waals surface area contributed by atoms with Gasteiger partial charge in [0.25, 0.3) is 0 Å². The second-order valence-corrected chi connectivity index (χ2v) is 2.57. The van der Waals surface area contributed by atoms with E-state index >= 15 is 0 Å². The number of halogens is 3. The number of rotatable bonds is 4. The van der Waals surface area contributed by atoms with E-state index in [9.17, 15) is 22.8 Å². The van der Waals surface area contributed by atoms with Crippen LogP contribution in [0.25, 0.3) is 0 Å². The monoisotopic (exact) mass is 210 g/mol. The summed E-state index contributed by atoms with van der Waals surface area (Å²) in [5, 5.41) is 0. The second kappa shape index (κ2) is 5.44. The van der Waals surface area contributed by atoms with E-state index in [1.54, 1.807) is 0 Å². The van der Waals surface area contributed by atoms with Gasteiger partial charge in [-0.15, -0.1) is 0 Å². The Morgan fingerprint density at radius 1 is 1.36 bits per heavy atom. The van der Waals surface area contributed by atoms with Crippen molar-refractivity contribution in [1.29, 1.82) is 0 Å². The zero-order valence-electron chi connectivity index (χ0n) is 7.48. The minimum atomic E-state index is -4.44. The molecule has 0 heterocycles. The molecule has 0 fully saturated rings.